The molecule has 1 atom stereocenters. The normalized spacial score (nSPS) is 12.1. The highest BCUT2D eigenvalue weighted by molar-refractivity contribution is 5.71. The summed E-state index contributed by atoms with van der Waals surface area (Å²) in [6.07, 6.45) is 89.3. The van der Waals surface area contributed by atoms with Gasteiger partial charge in [-0.15, -0.1) is 0 Å². The van der Waals surface area contributed by atoms with Gasteiger partial charge in [0, 0.05) is 19.3 Å². The molecule has 6 heteroatoms. The molecule has 6 nitrogen and oxygen atoms in total. The predicted octanol–water partition coefficient (Wildman–Crippen LogP) is 26.1. The summed E-state index contributed by atoms with van der Waals surface area (Å²) in [4.78, 5) is 38.6. The van der Waals surface area contributed by atoms with Gasteiger partial charge in [-0.2, -0.15) is 0 Å². The van der Waals surface area contributed by atoms with Gasteiger partial charge in [0.2, 0.25) is 0 Å². The van der Waals surface area contributed by atoms with Crippen molar-refractivity contribution in [3.63, 3.8) is 0 Å². The molecule has 0 bridgehead atoms. The molecule has 1 unspecified atom stereocenters. The van der Waals surface area contributed by atoms with E-state index in [0.29, 0.717) is 19.3 Å². The van der Waals surface area contributed by atoms with E-state index in [1.54, 1.807) is 0 Å². The molecule has 0 saturated heterocycles. The molecule has 0 spiro atoms. The number of hydrogen-bond acceptors (Lipinski definition) is 6. The Morgan fingerprint density at radius 1 is 0.229 bits per heavy atom. The average Bonchev–Trinajstić information content (AvgIpc) is 3.49. The number of esters is 3. The summed E-state index contributed by atoms with van der Waals surface area (Å²) in [7, 11) is 0. The minimum atomic E-state index is -0.772. The summed E-state index contributed by atoms with van der Waals surface area (Å²) >= 11 is 0. The Kier molecular flexibility index (Phi) is 70.5. The molecule has 0 radical (unpaired) electrons. The molecule has 0 heterocycles. The Labute approximate surface area is 519 Å². The lowest BCUT2D eigenvalue weighted by atomic mass is 10.0. The first-order valence-corrected chi connectivity index (χ1v) is 37.8. The highest BCUT2D eigenvalue weighted by atomic mass is 16.6. The van der Waals surface area contributed by atoms with Crippen LogP contribution in [0.15, 0.2) is 24.3 Å². The van der Waals surface area contributed by atoms with Crippen LogP contribution in [0.1, 0.15) is 432 Å². The van der Waals surface area contributed by atoms with Crippen LogP contribution in [0.5, 0.6) is 0 Å². The fraction of sp³-hybridized carbons (Fsp3) is 0.909. The number of rotatable bonds is 71. The summed E-state index contributed by atoms with van der Waals surface area (Å²) in [5.41, 5.74) is 0. The highest BCUT2D eigenvalue weighted by Gasteiger charge is 2.20. The molecule has 0 aromatic carbocycles. The van der Waals surface area contributed by atoms with E-state index in [1.165, 1.54) is 334 Å². The van der Waals surface area contributed by atoms with E-state index in [1.807, 2.05) is 0 Å². The van der Waals surface area contributed by atoms with Crippen LogP contribution in [0.3, 0.4) is 0 Å². The second-order valence-electron chi connectivity index (χ2n) is 25.9. The second kappa shape index (κ2) is 72.4. The largest absolute Gasteiger partial charge is 0.462 e. The number of hydrogen-bond donors (Lipinski definition) is 0. The van der Waals surface area contributed by atoms with Crippen molar-refractivity contribution < 1.29 is 28.6 Å². The number of carbonyl (C=O) groups excluding carboxylic acids is 3. The van der Waals surface area contributed by atoms with E-state index in [2.05, 4.69) is 45.1 Å². The molecule has 0 aromatic heterocycles. The first-order chi connectivity index (χ1) is 41.0. The molecule has 0 rings (SSSR count). The Bertz CT molecular complexity index is 1340. The summed E-state index contributed by atoms with van der Waals surface area (Å²) in [6.45, 7) is 6.73. The van der Waals surface area contributed by atoms with E-state index in [-0.39, 0.29) is 31.1 Å². The molecule has 0 aromatic rings. The van der Waals surface area contributed by atoms with Gasteiger partial charge in [-0.3, -0.25) is 14.4 Å². The van der Waals surface area contributed by atoms with E-state index in [9.17, 15) is 14.4 Å². The topological polar surface area (TPSA) is 78.9 Å². The van der Waals surface area contributed by atoms with E-state index >= 15 is 0 Å². The highest BCUT2D eigenvalue weighted by Crippen LogP contribution is 2.19. The third-order valence-electron chi connectivity index (χ3n) is 17.4. The quantitative estimate of drug-likeness (QED) is 0.0261. The maximum atomic E-state index is 13.0. The van der Waals surface area contributed by atoms with Crippen LogP contribution >= 0.6 is 0 Å². The zero-order chi connectivity index (χ0) is 59.9. The molecular weight excluding hydrogens is 1020 g/mol. The predicted molar refractivity (Wildman–Crippen MR) is 363 cm³/mol. The van der Waals surface area contributed by atoms with Gasteiger partial charge in [0.1, 0.15) is 13.2 Å². The van der Waals surface area contributed by atoms with Crippen molar-refractivity contribution >= 4 is 17.9 Å². The van der Waals surface area contributed by atoms with Gasteiger partial charge < -0.3 is 14.2 Å². The Balaban J connectivity index is 4.30. The lowest BCUT2D eigenvalue weighted by molar-refractivity contribution is -0.167. The Morgan fingerprint density at radius 3 is 0.602 bits per heavy atom. The third kappa shape index (κ3) is 70.5. The molecule has 490 valence electrons. The van der Waals surface area contributed by atoms with Crippen molar-refractivity contribution in [1.82, 2.24) is 0 Å². The average molecular weight is 1170 g/mol. The lowest BCUT2D eigenvalue weighted by Gasteiger charge is -2.18. The van der Waals surface area contributed by atoms with Crippen LogP contribution in [0, 0.1) is 0 Å². The van der Waals surface area contributed by atoms with Gasteiger partial charge in [0.15, 0.2) is 6.10 Å². The summed E-state index contributed by atoms with van der Waals surface area (Å²) in [6, 6.07) is 0. The van der Waals surface area contributed by atoms with Crippen LogP contribution in [0.2, 0.25) is 0 Å². The zero-order valence-corrected chi connectivity index (χ0v) is 56.5. The van der Waals surface area contributed by atoms with E-state index < -0.39 is 6.10 Å². The summed E-state index contributed by atoms with van der Waals surface area (Å²) in [5.74, 6) is -0.834. The lowest BCUT2D eigenvalue weighted by Crippen LogP contribution is -2.30. The molecule has 0 amide bonds. The van der Waals surface area contributed by atoms with Gasteiger partial charge >= 0.3 is 17.9 Å². The number of allylic oxidation sites excluding steroid dienone is 4. The monoisotopic (exact) mass is 1170 g/mol. The fourth-order valence-electron chi connectivity index (χ4n) is 11.7. The minimum absolute atomic E-state index is 0.0666. The number of ether oxygens (including phenoxy) is 3. The first-order valence-electron chi connectivity index (χ1n) is 37.8. The molecule has 0 aliphatic carbocycles. The van der Waals surface area contributed by atoms with Crippen molar-refractivity contribution in [2.24, 2.45) is 0 Å². The molecule has 0 aliphatic heterocycles. The molecule has 0 saturated carbocycles. The molecule has 0 aliphatic rings. The van der Waals surface area contributed by atoms with Crippen molar-refractivity contribution in [2.45, 2.75) is 438 Å². The van der Waals surface area contributed by atoms with Crippen molar-refractivity contribution in [3.05, 3.63) is 24.3 Å². The standard InChI is InChI=1S/C77H146O6/c1-4-7-10-13-16-19-22-25-28-31-34-37-38-41-43-46-49-52-55-58-61-64-67-70-76(79)82-73-74(83-77(80)71-68-65-62-59-56-53-50-47-44-40-36-33-30-27-24-21-18-15-12-9-6-3)72-81-75(78)69-66-63-60-57-54-51-48-45-42-39-35-32-29-26-23-20-17-14-11-8-5-2/h32-33,35-36,74H,4-31,34,37-73H2,1-3H3/b35-32-,36-33-. The van der Waals surface area contributed by atoms with Gasteiger partial charge in [-0.1, -0.05) is 366 Å². The number of unbranched alkanes of at least 4 members (excludes halogenated alkanes) is 56. The van der Waals surface area contributed by atoms with E-state index in [0.717, 1.165) is 57.8 Å². The fourth-order valence-corrected chi connectivity index (χ4v) is 11.7. The Hall–Kier alpha value is -2.11. The zero-order valence-electron chi connectivity index (χ0n) is 56.5. The van der Waals surface area contributed by atoms with Crippen LogP contribution in [-0.4, -0.2) is 37.2 Å². The molecule has 0 N–H and O–H groups in total. The minimum Gasteiger partial charge on any atom is -0.462 e. The molecule has 83 heavy (non-hydrogen) atoms. The maximum absolute atomic E-state index is 13.0. The van der Waals surface area contributed by atoms with Crippen LogP contribution < -0.4 is 0 Å². The summed E-state index contributed by atoms with van der Waals surface area (Å²) in [5, 5.41) is 0. The number of carbonyl (C=O) groups is 3. The van der Waals surface area contributed by atoms with Gasteiger partial charge in [-0.25, -0.2) is 0 Å². The van der Waals surface area contributed by atoms with E-state index in [4.69, 9.17) is 14.2 Å². The van der Waals surface area contributed by atoms with Crippen molar-refractivity contribution in [3.8, 4) is 0 Å². The van der Waals surface area contributed by atoms with Gasteiger partial charge in [0.25, 0.3) is 0 Å². The maximum Gasteiger partial charge on any atom is 0.306 e. The second-order valence-corrected chi connectivity index (χ2v) is 25.9. The van der Waals surface area contributed by atoms with Crippen molar-refractivity contribution in [1.29, 1.82) is 0 Å². The summed E-state index contributed by atoms with van der Waals surface area (Å²) < 4.78 is 17.1. The van der Waals surface area contributed by atoms with Crippen LogP contribution in [0.25, 0.3) is 0 Å². The smallest absolute Gasteiger partial charge is 0.306 e. The van der Waals surface area contributed by atoms with Crippen LogP contribution in [0.4, 0.5) is 0 Å². The van der Waals surface area contributed by atoms with Gasteiger partial charge in [0.05, 0.1) is 0 Å². The van der Waals surface area contributed by atoms with Gasteiger partial charge in [-0.05, 0) is 70.6 Å². The SMILES string of the molecule is CCCCCCCCCC/C=C\CCCCCCCCCCCC(=O)OCC(COC(=O)CCCCCCCCCCCCCCCCCCCCCCCCC)OC(=O)CCCCCCCCCCC/C=C\CCCCCCCCCC. The Morgan fingerprint density at radius 2 is 0.398 bits per heavy atom. The molecule has 0 fully saturated rings. The first kappa shape index (κ1) is 80.9. The van der Waals surface area contributed by atoms with Crippen LogP contribution in [-0.2, 0) is 28.6 Å². The molecular formula is C77H146O6. The van der Waals surface area contributed by atoms with Crippen molar-refractivity contribution in [2.75, 3.05) is 13.2 Å². The third-order valence-corrected chi connectivity index (χ3v) is 17.4.